The minimum atomic E-state index is 0.0800. The van der Waals surface area contributed by atoms with Crippen molar-refractivity contribution in [1.82, 2.24) is 0 Å². The molecule has 2 heteroatoms. The Morgan fingerprint density at radius 1 is 0.382 bits per heavy atom. The van der Waals surface area contributed by atoms with E-state index in [-0.39, 0.29) is 12.0 Å². The highest BCUT2D eigenvalue weighted by atomic mass is 15.1. The molecule has 1 N–H and O–H groups in total. The van der Waals surface area contributed by atoms with Gasteiger partial charge in [0, 0.05) is 28.7 Å². The fourth-order valence-electron chi connectivity index (χ4n) is 9.14. The summed E-state index contributed by atoms with van der Waals surface area (Å²) in [6.45, 7) is 22.2. The van der Waals surface area contributed by atoms with Crippen molar-refractivity contribution in [2.45, 2.75) is 81.2 Å². The third-order valence-corrected chi connectivity index (χ3v) is 14.3. The second kappa shape index (κ2) is 21.0. The summed E-state index contributed by atoms with van der Waals surface area (Å²) in [5.74, 6) is 0.127. The van der Waals surface area contributed by atoms with Gasteiger partial charge in [-0.25, -0.2) is 0 Å². The molecule has 0 amide bonds. The van der Waals surface area contributed by atoms with Crippen LogP contribution in [0.4, 0.5) is 22.7 Å². The fraction of sp³-hybridized carbons (Fsp3) is 0.182. The number of nitrogens with zero attached hydrogens (tertiary/aromatic N) is 1. The maximum Gasteiger partial charge on any atom is 0.0551 e. The van der Waals surface area contributed by atoms with Crippen molar-refractivity contribution < 1.29 is 0 Å². The number of anilines is 4. The van der Waals surface area contributed by atoms with Gasteiger partial charge >= 0.3 is 0 Å². The third-order valence-electron chi connectivity index (χ3n) is 14.3. The van der Waals surface area contributed by atoms with Gasteiger partial charge in [-0.15, -0.1) is 0 Å². The number of hydrogen-bond acceptors (Lipinski definition) is 2. The second-order valence-electron chi connectivity index (χ2n) is 18.8. The van der Waals surface area contributed by atoms with Crippen LogP contribution in [0, 0.1) is 0 Å². The fourth-order valence-corrected chi connectivity index (χ4v) is 9.14. The van der Waals surface area contributed by atoms with Gasteiger partial charge in [-0.05, 0) is 201 Å². The van der Waals surface area contributed by atoms with Crippen LogP contribution in [0.1, 0.15) is 86.3 Å². The SMILES string of the molecule is CC(C)=C(C)/C(C)=C(\C)C1=CC(c2ccc(-c3ccc(N(c4ccc(/C(C)=C(\C)C(C)=C(C)C)cc4)c4ccc(-c5ccccc5)cc4)cc3)cc2)C(Nc2ccc(-c3ccccc3)cc2)C=C1. The Kier molecular flexibility index (Phi) is 14.6. The Morgan fingerprint density at radius 2 is 0.765 bits per heavy atom. The van der Waals surface area contributed by atoms with Crippen molar-refractivity contribution in [3.05, 3.63) is 256 Å². The highest BCUT2D eigenvalue weighted by Gasteiger charge is 2.24. The third kappa shape index (κ3) is 10.6. The predicted octanol–water partition coefficient (Wildman–Crippen LogP) is 19.1. The number of rotatable bonds is 13. The zero-order valence-corrected chi connectivity index (χ0v) is 41.7. The molecule has 0 aromatic heterocycles. The lowest BCUT2D eigenvalue weighted by atomic mass is 9.82. The molecule has 0 aliphatic heterocycles. The molecule has 7 aromatic rings. The van der Waals surface area contributed by atoms with Crippen LogP contribution in [0.25, 0.3) is 39.0 Å². The summed E-state index contributed by atoms with van der Waals surface area (Å²) in [5.41, 5.74) is 26.2. The molecule has 0 heterocycles. The molecule has 0 saturated heterocycles. The van der Waals surface area contributed by atoms with Crippen molar-refractivity contribution in [2.24, 2.45) is 0 Å². The van der Waals surface area contributed by atoms with Gasteiger partial charge in [-0.3, -0.25) is 0 Å². The van der Waals surface area contributed by atoms with Crippen LogP contribution in [0.2, 0.25) is 0 Å². The van der Waals surface area contributed by atoms with Crippen LogP contribution >= 0.6 is 0 Å². The highest BCUT2D eigenvalue weighted by Crippen LogP contribution is 2.39. The van der Waals surface area contributed by atoms with Crippen LogP contribution in [0.3, 0.4) is 0 Å². The minimum absolute atomic E-state index is 0.0800. The van der Waals surface area contributed by atoms with Crippen molar-refractivity contribution in [3.63, 3.8) is 0 Å². The predicted molar refractivity (Wildman–Crippen MR) is 296 cm³/mol. The normalized spacial score (nSPS) is 15.1. The summed E-state index contributed by atoms with van der Waals surface area (Å²) in [6, 6.07) is 66.3. The van der Waals surface area contributed by atoms with E-state index in [1.807, 2.05) is 0 Å². The molecule has 2 nitrogen and oxygen atoms in total. The largest absolute Gasteiger partial charge is 0.378 e. The monoisotopic (exact) mass is 887 g/mol. The maximum atomic E-state index is 3.90. The highest BCUT2D eigenvalue weighted by molar-refractivity contribution is 5.81. The van der Waals surface area contributed by atoms with E-state index < -0.39 is 0 Å². The molecule has 8 rings (SSSR count). The average Bonchev–Trinajstić information content (AvgIpc) is 3.39. The molecule has 0 fully saturated rings. The first-order valence-corrected chi connectivity index (χ1v) is 24.1. The van der Waals surface area contributed by atoms with Crippen molar-refractivity contribution >= 4 is 28.3 Å². The molecule has 2 unspecified atom stereocenters. The van der Waals surface area contributed by atoms with E-state index in [1.54, 1.807) is 0 Å². The van der Waals surface area contributed by atoms with E-state index in [2.05, 4.69) is 280 Å². The summed E-state index contributed by atoms with van der Waals surface area (Å²) < 4.78 is 0. The molecular formula is C66H66N2. The number of nitrogens with one attached hydrogen (secondary N) is 1. The molecule has 1 aliphatic carbocycles. The molecule has 0 spiro atoms. The van der Waals surface area contributed by atoms with Crippen molar-refractivity contribution in [3.8, 4) is 33.4 Å². The topological polar surface area (TPSA) is 15.3 Å². The molecule has 340 valence electrons. The zero-order chi connectivity index (χ0) is 47.9. The second-order valence-corrected chi connectivity index (χ2v) is 18.8. The van der Waals surface area contributed by atoms with Crippen LogP contribution in [0.15, 0.2) is 245 Å². The van der Waals surface area contributed by atoms with Crippen LogP contribution in [-0.2, 0) is 0 Å². The van der Waals surface area contributed by atoms with Crippen molar-refractivity contribution in [1.29, 1.82) is 0 Å². The number of benzene rings is 7. The standard InChI is InChI=1S/C66H66N2/c1-44(2)46(5)48(7)50(9)52-27-36-62(37-28-52)68(63-38-29-57(30-39-63)54-19-15-12-16-20-54)64-40-31-58(32-41-64)55-21-23-59(24-22-55)65-43-60(51(10)49(8)47(6)45(3)4)33-42-66(65)67-61-34-25-56(26-35-61)53-17-13-11-14-18-53/h11-43,65-67H,1-10H3/b50-48+,51-49+. The molecular weight excluding hydrogens is 821 g/mol. The lowest BCUT2D eigenvalue weighted by Crippen LogP contribution is -2.26. The number of allylic oxidation sites excluding steroid dienone is 10. The summed E-state index contributed by atoms with van der Waals surface area (Å²) in [7, 11) is 0. The Hall–Kier alpha value is -7.42. The molecule has 7 aromatic carbocycles. The van der Waals surface area contributed by atoms with Crippen LogP contribution < -0.4 is 10.2 Å². The Balaban J connectivity index is 1.10. The van der Waals surface area contributed by atoms with Gasteiger partial charge in [0.1, 0.15) is 0 Å². The van der Waals surface area contributed by atoms with Gasteiger partial charge in [0.15, 0.2) is 0 Å². The smallest absolute Gasteiger partial charge is 0.0551 e. The summed E-state index contributed by atoms with van der Waals surface area (Å²) in [4.78, 5) is 2.36. The summed E-state index contributed by atoms with van der Waals surface area (Å²) >= 11 is 0. The molecule has 2 atom stereocenters. The molecule has 0 radical (unpaired) electrons. The molecule has 0 bridgehead atoms. The van der Waals surface area contributed by atoms with E-state index in [0.717, 1.165) is 22.7 Å². The zero-order valence-electron chi connectivity index (χ0n) is 41.7. The van der Waals surface area contributed by atoms with Gasteiger partial charge in [-0.1, -0.05) is 163 Å². The lowest BCUT2D eigenvalue weighted by molar-refractivity contribution is 0.750. The number of hydrogen-bond donors (Lipinski definition) is 1. The van der Waals surface area contributed by atoms with Gasteiger partial charge in [0.05, 0.1) is 6.04 Å². The van der Waals surface area contributed by atoms with E-state index in [9.17, 15) is 0 Å². The van der Waals surface area contributed by atoms with Crippen LogP contribution in [-0.4, -0.2) is 6.04 Å². The van der Waals surface area contributed by atoms with Crippen LogP contribution in [0.5, 0.6) is 0 Å². The maximum absolute atomic E-state index is 3.90. The summed E-state index contributed by atoms with van der Waals surface area (Å²) in [5, 5.41) is 3.90. The minimum Gasteiger partial charge on any atom is -0.378 e. The van der Waals surface area contributed by atoms with E-state index in [4.69, 9.17) is 0 Å². The average molecular weight is 887 g/mol. The van der Waals surface area contributed by atoms with E-state index in [0.29, 0.717) is 0 Å². The van der Waals surface area contributed by atoms with E-state index in [1.165, 1.54) is 94.7 Å². The van der Waals surface area contributed by atoms with Gasteiger partial charge in [0.2, 0.25) is 0 Å². The van der Waals surface area contributed by atoms with Gasteiger partial charge in [-0.2, -0.15) is 0 Å². The Labute approximate surface area is 407 Å². The quantitative estimate of drug-likeness (QED) is 0.116. The lowest BCUT2D eigenvalue weighted by Gasteiger charge is -2.29. The molecule has 68 heavy (non-hydrogen) atoms. The molecule has 0 saturated carbocycles. The Morgan fingerprint density at radius 3 is 1.21 bits per heavy atom. The van der Waals surface area contributed by atoms with Gasteiger partial charge < -0.3 is 10.2 Å². The van der Waals surface area contributed by atoms with Crippen molar-refractivity contribution in [2.75, 3.05) is 10.2 Å². The molecule has 1 aliphatic rings. The first-order chi connectivity index (χ1) is 32.9. The van der Waals surface area contributed by atoms with E-state index >= 15 is 0 Å². The Bertz CT molecular complexity index is 3040. The first kappa shape index (κ1) is 47.1. The van der Waals surface area contributed by atoms with Gasteiger partial charge in [0.25, 0.3) is 0 Å². The summed E-state index contributed by atoms with van der Waals surface area (Å²) in [6.07, 6.45) is 7.12. The first-order valence-electron chi connectivity index (χ1n) is 24.1.